The van der Waals surface area contributed by atoms with Crippen molar-refractivity contribution < 1.29 is 31.2 Å². The fourth-order valence-electron chi connectivity index (χ4n) is 4.21. The van der Waals surface area contributed by atoms with E-state index < -0.39 is 52.3 Å². The number of fused-ring (bicyclic) bond motifs is 2. The van der Waals surface area contributed by atoms with Crippen LogP contribution in [-0.2, 0) is 19.4 Å². The first-order chi connectivity index (χ1) is 14.9. The Morgan fingerprint density at radius 2 is 1.53 bits per heavy atom. The van der Waals surface area contributed by atoms with Gasteiger partial charge in [0.2, 0.25) is 21.7 Å². The molecule has 4 rings (SSSR count). The summed E-state index contributed by atoms with van der Waals surface area (Å²) in [5.41, 5.74) is 2.14. The van der Waals surface area contributed by atoms with E-state index in [1.165, 1.54) is 12.1 Å². The predicted octanol–water partition coefficient (Wildman–Crippen LogP) is 3.11. The second kappa shape index (κ2) is 7.61. The number of hydrogen-bond acceptors (Lipinski definition) is 4. The fourth-order valence-corrected chi connectivity index (χ4v) is 6.13. The van der Waals surface area contributed by atoms with E-state index in [4.69, 9.17) is 0 Å². The van der Waals surface area contributed by atoms with Gasteiger partial charge in [0.1, 0.15) is 12.0 Å². The molecule has 0 aliphatic carbocycles. The van der Waals surface area contributed by atoms with Crippen LogP contribution in [0.1, 0.15) is 41.1 Å². The van der Waals surface area contributed by atoms with E-state index in [9.17, 15) is 31.2 Å². The minimum Gasteiger partial charge on any atom is -0.344 e. The number of piperidine rings is 1. The third-order valence-electron chi connectivity index (χ3n) is 5.91. The molecule has 2 aromatic rings. The standard InChI is InChI=1S/C22H21F3N2O4S/c1-11-3-5-13-16(9-11)32(30,31)17-10-12(2)4-6-14(17)19(13)27-21(29)15-7-8-18(22(23,24)25)26-20(15)28/h3-6,9-10,15,18-19H,7-8H2,1-2H3,(H,26,28)(H,27,29). The van der Waals surface area contributed by atoms with Crippen LogP contribution < -0.4 is 10.6 Å². The lowest BCUT2D eigenvalue weighted by Gasteiger charge is -2.33. The van der Waals surface area contributed by atoms with Crippen molar-refractivity contribution in [3.05, 3.63) is 58.7 Å². The zero-order valence-corrected chi connectivity index (χ0v) is 18.1. The first-order valence-electron chi connectivity index (χ1n) is 10.0. The molecule has 0 spiro atoms. The number of rotatable bonds is 2. The summed E-state index contributed by atoms with van der Waals surface area (Å²) >= 11 is 0. The summed E-state index contributed by atoms with van der Waals surface area (Å²) in [6, 6.07) is 6.86. The number of benzene rings is 2. The van der Waals surface area contributed by atoms with E-state index in [1.807, 2.05) is 5.32 Å². The molecule has 10 heteroatoms. The molecule has 2 atom stereocenters. The van der Waals surface area contributed by atoms with Crippen LogP contribution in [0.4, 0.5) is 13.2 Å². The highest BCUT2D eigenvalue weighted by atomic mass is 32.2. The van der Waals surface area contributed by atoms with E-state index in [0.717, 1.165) is 11.1 Å². The average Bonchev–Trinajstić information content (AvgIpc) is 2.70. The Kier molecular flexibility index (Phi) is 5.31. The summed E-state index contributed by atoms with van der Waals surface area (Å²) in [6.45, 7) is 3.50. The molecule has 170 valence electrons. The van der Waals surface area contributed by atoms with Gasteiger partial charge in [-0.25, -0.2) is 8.42 Å². The van der Waals surface area contributed by atoms with Gasteiger partial charge < -0.3 is 10.6 Å². The summed E-state index contributed by atoms with van der Waals surface area (Å²) < 4.78 is 65.2. The molecular formula is C22H21F3N2O4S. The fraction of sp³-hybridized carbons (Fsp3) is 0.364. The van der Waals surface area contributed by atoms with Crippen molar-refractivity contribution in [1.82, 2.24) is 10.6 Å². The number of amides is 2. The van der Waals surface area contributed by atoms with Crippen molar-refractivity contribution in [1.29, 1.82) is 0 Å². The molecule has 0 saturated carbocycles. The number of hydrogen-bond donors (Lipinski definition) is 2. The molecule has 2 heterocycles. The monoisotopic (exact) mass is 466 g/mol. The molecular weight excluding hydrogens is 445 g/mol. The van der Waals surface area contributed by atoms with Gasteiger partial charge in [0.25, 0.3) is 0 Å². The van der Waals surface area contributed by atoms with Crippen molar-refractivity contribution in [2.24, 2.45) is 5.92 Å². The molecule has 0 aromatic heterocycles. The predicted molar refractivity (Wildman–Crippen MR) is 109 cm³/mol. The van der Waals surface area contributed by atoms with Crippen molar-refractivity contribution in [3.63, 3.8) is 0 Å². The maximum Gasteiger partial charge on any atom is 0.408 e. The molecule has 2 N–H and O–H groups in total. The largest absolute Gasteiger partial charge is 0.408 e. The second-order valence-electron chi connectivity index (χ2n) is 8.26. The SMILES string of the molecule is Cc1ccc2c(c1)S(=O)(=O)c1cc(C)ccc1C2NC(=O)C1CCC(C(F)(F)F)NC1=O. The van der Waals surface area contributed by atoms with Crippen LogP contribution in [0, 0.1) is 19.8 Å². The first-order valence-corrected chi connectivity index (χ1v) is 11.5. The van der Waals surface area contributed by atoms with Crippen molar-refractivity contribution in [2.45, 2.75) is 54.7 Å². The molecule has 2 aromatic carbocycles. The maximum atomic E-state index is 13.2. The van der Waals surface area contributed by atoms with Gasteiger partial charge in [-0.05, 0) is 61.1 Å². The van der Waals surface area contributed by atoms with E-state index in [1.54, 1.807) is 38.1 Å². The molecule has 2 unspecified atom stereocenters. The number of alkyl halides is 3. The lowest BCUT2D eigenvalue weighted by atomic mass is 9.91. The summed E-state index contributed by atoms with van der Waals surface area (Å²) in [5.74, 6) is -3.03. The number of carbonyl (C=O) groups excluding carboxylic acids is 2. The van der Waals surface area contributed by atoms with Crippen molar-refractivity contribution >= 4 is 21.7 Å². The number of aryl methyl sites for hydroxylation is 2. The highest BCUT2D eigenvalue weighted by Gasteiger charge is 2.46. The summed E-state index contributed by atoms with van der Waals surface area (Å²) in [6.07, 6.45) is -5.24. The van der Waals surface area contributed by atoms with Crippen LogP contribution >= 0.6 is 0 Å². The molecule has 2 aliphatic rings. The smallest absolute Gasteiger partial charge is 0.344 e. The van der Waals surface area contributed by atoms with Crippen LogP contribution in [0.25, 0.3) is 0 Å². The Morgan fingerprint density at radius 1 is 1.00 bits per heavy atom. The topological polar surface area (TPSA) is 92.3 Å². The zero-order valence-electron chi connectivity index (χ0n) is 17.3. The van der Waals surface area contributed by atoms with E-state index in [0.29, 0.717) is 11.1 Å². The Bertz CT molecular complexity index is 1160. The molecule has 0 radical (unpaired) electrons. The van der Waals surface area contributed by atoms with Crippen molar-refractivity contribution in [2.75, 3.05) is 0 Å². The highest BCUT2D eigenvalue weighted by molar-refractivity contribution is 7.91. The number of halogens is 3. The summed E-state index contributed by atoms with van der Waals surface area (Å²) in [5, 5.41) is 4.59. The highest BCUT2D eigenvalue weighted by Crippen LogP contribution is 2.41. The normalized spacial score (nSPS) is 22.5. The number of carbonyl (C=O) groups is 2. The van der Waals surface area contributed by atoms with Crippen LogP contribution in [0.15, 0.2) is 46.2 Å². The van der Waals surface area contributed by atoms with Crippen LogP contribution in [0.5, 0.6) is 0 Å². The Labute approximate surface area is 183 Å². The minimum absolute atomic E-state index is 0.0612. The van der Waals surface area contributed by atoms with E-state index >= 15 is 0 Å². The summed E-state index contributed by atoms with van der Waals surface area (Å²) in [4.78, 5) is 25.3. The molecule has 6 nitrogen and oxygen atoms in total. The van der Waals surface area contributed by atoms with Gasteiger partial charge in [-0.15, -0.1) is 0 Å². The van der Waals surface area contributed by atoms with Gasteiger partial charge in [0, 0.05) is 0 Å². The van der Waals surface area contributed by atoms with Gasteiger partial charge in [-0.3, -0.25) is 9.59 Å². The van der Waals surface area contributed by atoms with Gasteiger partial charge in [0.05, 0.1) is 15.8 Å². The molecule has 32 heavy (non-hydrogen) atoms. The van der Waals surface area contributed by atoms with Crippen molar-refractivity contribution in [3.8, 4) is 0 Å². The van der Waals surface area contributed by atoms with Gasteiger partial charge in [0.15, 0.2) is 0 Å². The molecule has 2 aliphatic heterocycles. The number of nitrogens with one attached hydrogen (secondary N) is 2. The maximum absolute atomic E-state index is 13.2. The zero-order chi connectivity index (χ0) is 23.4. The van der Waals surface area contributed by atoms with Gasteiger partial charge in [-0.2, -0.15) is 13.2 Å². The van der Waals surface area contributed by atoms with Crippen LogP contribution in [0.2, 0.25) is 0 Å². The molecule has 2 amide bonds. The first kappa shape index (κ1) is 22.3. The van der Waals surface area contributed by atoms with E-state index in [-0.39, 0.29) is 16.2 Å². The minimum atomic E-state index is -4.58. The lowest BCUT2D eigenvalue weighted by molar-refractivity contribution is -0.171. The van der Waals surface area contributed by atoms with E-state index in [2.05, 4.69) is 5.32 Å². The Morgan fingerprint density at radius 3 is 2.00 bits per heavy atom. The van der Waals surface area contributed by atoms with Gasteiger partial charge >= 0.3 is 6.18 Å². The molecule has 1 fully saturated rings. The lowest BCUT2D eigenvalue weighted by Crippen LogP contribution is -2.54. The molecule has 1 saturated heterocycles. The van der Waals surface area contributed by atoms with Crippen LogP contribution in [-0.4, -0.2) is 32.5 Å². The third-order valence-corrected chi connectivity index (χ3v) is 7.78. The summed E-state index contributed by atoms with van der Waals surface area (Å²) in [7, 11) is -3.83. The average molecular weight is 466 g/mol. The van der Waals surface area contributed by atoms with Gasteiger partial charge in [-0.1, -0.05) is 24.3 Å². The Hall–Kier alpha value is -2.88. The second-order valence-corrected chi connectivity index (χ2v) is 10.1. The van der Waals surface area contributed by atoms with Crippen LogP contribution in [0.3, 0.4) is 0 Å². The third kappa shape index (κ3) is 3.76. The number of sulfone groups is 1. The molecule has 0 bridgehead atoms. The quantitative estimate of drug-likeness (QED) is 0.666. The Balaban J connectivity index is 1.69.